The summed E-state index contributed by atoms with van der Waals surface area (Å²) in [6.07, 6.45) is -4.55. The van der Waals surface area contributed by atoms with E-state index in [1.807, 2.05) is 0 Å². The van der Waals surface area contributed by atoms with E-state index in [0.29, 0.717) is 0 Å². The van der Waals surface area contributed by atoms with E-state index in [0.717, 1.165) is 0 Å². The van der Waals surface area contributed by atoms with Crippen LogP contribution in [0.2, 0.25) is 0 Å². The molecule has 0 aliphatic carbocycles. The minimum atomic E-state index is -5.51. The third-order valence-corrected chi connectivity index (χ3v) is 1.81. The molecule has 0 atom stereocenters. The smallest absolute Gasteiger partial charge is 0.324 e. The molecule has 0 fully saturated rings. The molecule has 0 bridgehead atoms. The van der Waals surface area contributed by atoms with Crippen molar-refractivity contribution in [2.75, 3.05) is 14.1 Å². The second kappa shape index (κ2) is 6.00. The third kappa shape index (κ3) is 5.67. The van der Waals surface area contributed by atoms with Gasteiger partial charge < -0.3 is 5.43 Å². The van der Waals surface area contributed by atoms with Gasteiger partial charge in [0.15, 0.2) is 0 Å². The van der Waals surface area contributed by atoms with Gasteiger partial charge in [0, 0.05) is 26.2 Å². The highest BCUT2D eigenvalue weighted by Crippen LogP contribution is 2.39. The number of hydrazine groups is 1. The van der Waals surface area contributed by atoms with Crippen molar-refractivity contribution >= 4 is 0 Å². The summed E-state index contributed by atoms with van der Waals surface area (Å²) in [5.74, 6) is -4.68. The van der Waals surface area contributed by atoms with Gasteiger partial charge in [-0.05, 0) is 12.5 Å². The van der Waals surface area contributed by atoms with E-state index in [1.165, 1.54) is 17.2 Å². The van der Waals surface area contributed by atoms with Gasteiger partial charge in [-0.25, -0.2) is 5.01 Å². The van der Waals surface area contributed by atoms with E-state index in [2.05, 4.69) is 12.0 Å². The zero-order chi connectivity index (χ0) is 13.7. The Morgan fingerprint density at radius 2 is 1.76 bits per heavy atom. The summed E-state index contributed by atoms with van der Waals surface area (Å²) in [5, 5.41) is 1.45. The Hall–Kier alpha value is -1.11. The molecule has 0 aromatic rings. The average molecular weight is 258 g/mol. The van der Waals surface area contributed by atoms with Crippen LogP contribution in [0.3, 0.4) is 0 Å². The van der Waals surface area contributed by atoms with Crippen LogP contribution in [0.1, 0.15) is 12.8 Å². The minimum absolute atomic E-state index is 0.244. The zero-order valence-corrected chi connectivity index (χ0v) is 9.61. The molecule has 100 valence electrons. The van der Waals surface area contributed by atoms with Crippen LogP contribution in [-0.2, 0) is 0 Å². The number of rotatable bonds is 6. The maximum absolute atomic E-state index is 12.6. The van der Waals surface area contributed by atoms with E-state index in [1.54, 1.807) is 14.1 Å². The summed E-state index contributed by atoms with van der Waals surface area (Å²) >= 11 is 0. The van der Waals surface area contributed by atoms with Gasteiger partial charge >= 0.3 is 12.1 Å². The highest BCUT2D eigenvalue weighted by Gasteiger charge is 2.56. The molecule has 0 saturated heterocycles. The predicted molar refractivity (Wildman–Crippen MR) is 55.3 cm³/mol. The lowest BCUT2D eigenvalue weighted by atomic mass is 10.1. The van der Waals surface area contributed by atoms with E-state index >= 15 is 0 Å². The Balaban J connectivity index is 4.51. The SMILES string of the molecule is C=C/C=C(/CCC(F)(F)C(F)(F)F)NN(C)C. The molecule has 0 aliphatic heterocycles. The standard InChI is InChI=1S/C10H15F5N2/c1-4-5-8(16-17(2)3)6-7-9(11,12)10(13,14)15/h4-5,16H,1,6-7H2,2-3H3/b8-5-. The molecule has 0 amide bonds. The molecule has 0 aliphatic rings. The van der Waals surface area contributed by atoms with E-state index in [9.17, 15) is 22.0 Å². The van der Waals surface area contributed by atoms with Crippen LogP contribution in [0.4, 0.5) is 22.0 Å². The van der Waals surface area contributed by atoms with Crippen molar-refractivity contribution in [3.63, 3.8) is 0 Å². The van der Waals surface area contributed by atoms with Gasteiger partial charge in [-0.3, -0.25) is 0 Å². The fourth-order valence-corrected chi connectivity index (χ4v) is 1.04. The quantitative estimate of drug-likeness (QED) is 0.447. The molecule has 0 aromatic carbocycles. The first-order valence-electron chi connectivity index (χ1n) is 4.80. The molecule has 7 heteroatoms. The van der Waals surface area contributed by atoms with Crippen molar-refractivity contribution in [2.24, 2.45) is 0 Å². The molecule has 2 nitrogen and oxygen atoms in total. The number of nitrogens with zero attached hydrogens (tertiary/aromatic N) is 1. The number of allylic oxidation sites excluding steroid dienone is 3. The lowest BCUT2D eigenvalue weighted by molar-refractivity contribution is -0.284. The first-order valence-corrected chi connectivity index (χ1v) is 4.80. The molecule has 0 rings (SSSR count). The van der Waals surface area contributed by atoms with Crippen molar-refractivity contribution in [3.8, 4) is 0 Å². The minimum Gasteiger partial charge on any atom is -0.324 e. The van der Waals surface area contributed by atoms with Gasteiger partial charge in [-0.2, -0.15) is 22.0 Å². The van der Waals surface area contributed by atoms with E-state index in [-0.39, 0.29) is 5.70 Å². The van der Waals surface area contributed by atoms with Crippen molar-refractivity contribution < 1.29 is 22.0 Å². The summed E-state index contributed by atoms with van der Waals surface area (Å²) < 4.78 is 61.0. The van der Waals surface area contributed by atoms with Crippen molar-refractivity contribution in [1.29, 1.82) is 0 Å². The van der Waals surface area contributed by atoms with Gasteiger partial charge in [0.1, 0.15) is 0 Å². The van der Waals surface area contributed by atoms with Crippen LogP contribution >= 0.6 is 0 Å². The lowest BCUT2D eigenvalue weighted by Crippen LogP contribution is -2.37. The van der Waals surface area contributed by atoms with E-state index < -0.39 is 24.9 Å². The largest absolute Gasteiger partial charge is 0.453 e. The van der Waals surface area contributed by atoms with Crippen molar-refractivity contribution in [1.82, 2.24) is 10.4 Å². The van der Waals surface area contributed by atoms with Gasteiger partial charge in [0.2, 0.25) is 0 Å². The summed E-state index contributed by atoms with van der Waals surface area (Å²) in [7, 11) is 3.19. The van der Waals surface area contributed by atoms with Crippen LogP contribution in [0, 0.1) is 0 Å². The average Bonchev–Trinajstić information content (AvgIpc) is 2.12. The molecule has 0 aromatic heterocycles. The van der Waals surface area contributed by atoms with Crippen LogP contribution in [0.5, 0.6) is 0 Å². The molecular formula is C10H15F5N2. The topological polar surface area (TPSA) is 15.3 Å². The number of alkyl halides is 5. The second-order valence-electron chi connectivity index (χ2n) is 3.64. The Bertz CT molecular complexity index is 281. The van der Waals surface area contributed by atoms with Gasteiger partial charge in [0.05, 0.1) is 0 Å². The fraction of sp³-hybridized carbons (Fsp3) is 0.600. The van der Waals surface area contributed by atoms with Crippen molar-refractivity contribution in [3.05, 3.63) is 24.4 Å². The lowest BCUT2D eigenvalue weighted by Gasteiger charge is -2.22. The zero-order valence-electron chi connectivity index (χ0n) is 9.61. The van der Waals surface area contributed by atoms with Crippen molar-refractivity contribution in [2.45, 2.75) is 24.9 Å². The fourth-order valence-electron chi connectivity index (χ4n) is 1.04. The highest BCUT2D eigenvalue weighted by atomic mass is 19.4. The normalized spacial score (nSPS) is 14.0. The van der Waals surface area contributed by atoms with Crippen LogP contribution in [-0.4, -0.2) is 31.2 Å². The van der Waals surface area contributed by atoms with Crippen LogP contribution in [0.25, 0.3) is 0 Å². The molecule has 0 saturated carbocycles. The summed E-state index contributed by atoms with van der Waals surface area (Å²) in [4.78, 5) is 0. The first-order chi connectivity index (χ1) is 7.60. The second-order valence-corrected chi connectivity index (χ2v) is 3.64. The number of hydrogen-bond acceptors (Lipinski definition) is 2. The van der Waals surface area contributed by atoms with Gasteiger partial charge in [0.25, 0.3) is 0 Å². The monoisotopic (exact) mass is 258 g/mol. The van der Waals surface area contributed by atoms with Gasteiger partial charge in [-0.1, -0.05) is 12.7 Å². The molecule has 1 N–H and O–H groups in total. The Morgan fingerprint density at radius 3 is 2.12 bits per heavy atom. The summed E-state index contributed by atoms with van der Waals surface area (Å²) in [6, 6.07) is 0. The number of hydrogen-bond donors (Lipinski definition) is 1. The summed E-state index contributed by atoms with van der Waals surface area (Å²) in [5.41, 5.74) is 2.87. The Labute approximate surface area is 96.8 Å². The van der Waals surface area contributed by atoms with Crippen LogP contribution in [0.15, 0.2) is 24.4 Å². The Kier molecular flexibility index (Phi) is 5.60. The Morgan fingerprint density at radius 1 is 1.24 bits per heavy atom. The molecular weight excluding hydrogens is 243 g/mol. The van der Waals surface area contributed by atoms with Gasteiger partial charge in [-0.15, -0.1) is 0 Å². The molecule has 0 unspecified atom stereocenters. The maximum atomic E-state index is 12.6. The number of halogens is 5. The maximum Gasteiger partial charge on any atom is 0.453 e. The van der Waals surface area contributed by atoms with E-state index in [4.69, 9.17) is 0 Å². The van der Waals surface area contributed by atoms with Crippen LogP contribution < -0.4 is 5.43 Å². The highest BCUT2D eigenvalue weighted by molar-refractivity contribution is 5.08. The molecule has 0 spiro atoms. The summed E-state index contributed by atoms with van der Waals surface area (Å²) in [6.45, 7) is 3.36. The predicted octanol–water partition coefficient (Wildman–Crippen LogP) is 3.10. The third-order valence-electron chi connectivity index (χ3n) is 1.81. The molecule has 17 heavy (non-hydrogen) atoms. The molecule has 0 heterocycles. The molecule has 0 radical (unpaired) electrons. The number of nitrogens with one attached hydrogen (secondary N) is 1. The first kappa shape index (κ1) is 15.9.